The highest BCUT2D eigenvalue weighted by Crippen LogP contribution is 2.56. The lowest BCUT2D eigenvalue weighted by molar-refractivity contribution is 0.219. The molecule has 0 amide bonds. The lowest BCUT2D eigenvalue weighted by atomic mass is 9.70. The summed E-state index contributed by atoms with van der Waals surface area (Å²) in [6.45, 7) is 8.56. The average molecular weight is 191 g/mol. The molecular weight excluding hydrogens is 174 g/mol. The molecule has 0 radical (unpaired) electrons. The maximum atomic E-state index is 8.91. The molecule has 1 saturated heterocycles. The Bertz CT molecular complexity index is 345. The molecule has 1 aliphatic heterocycles. The smallest absolute Gasteiger partial charge is 0.109 e. The largest absolute Gasteiger partial charge is 0.362 e. The van der Waals surface area contributed by atoms with Gasteiger partial charge in [0.15, 0.2) is 0 Å². The minimum atomic E-state index is 0.0230. The monoisotopic (exact) mass is 191 g/mol. The van der Waals surface area contributed by atoms with E-state index in [9.17, 15) is 0 Å². The maximum absolute atomic E-state index is 8.91. The van der Waals surface area contributed by atoms with Gasteiger partial charge in [0.25, 0.3) is 0 Å². The summed E-state index contributed by atoms with van der Waals surface area (Å²) in [6, 6.07) is 2.25. The van der Waals surface area contributed by atoms with E-state index >= 15 is 0 Å². The zero-order chi connectivity index (χ0) is 10.6. The van der Waals surface area contributed by atoms with Gasteiger partial charge < -0.3 is 4.74 Å². The number of ether oxygens (including phenoxy) is 1. The summed E-state index contributed by atoms with van der Waals surface area (Å²) in [5.41, 5.74) is 2.38. The Balaban J connectivity index is 2.35. The van der Waals surface area contributed by atoms with Crippen LogP contribution in [0.15, 0.2) is 11.1 Å². The van der Waals surface area contributed by atoms with E-state index in [4.69, 9.17) is 10.00 Å². The lowest BCUT2D eigenvalue weighted by Gasteiger charge is -2.32. The third-order valence-electron chi connectivity index (χ3n) is 3.35. The molecule has 2 nitrogen and oxygen atoms in total. The van der Waals surface area contributed by atoms with Crippen LogP contribution in [0.5, 0.6) is 0 Å². The first kappa shape index (κ1) is 9.73. The highest BCUT2D eigenvalue weighted by molar-refractivity contribution is 5.37. The summed E-state index contributed by atoms with van der Waals surface area (Å²) in [4.78, 5) is 0. The molecule has 0 bridgehead atoms. The number of hydrogen-bond donors (Lipinski definition) is 0. The van der Waals surface area contributed by atoms with Gasteiger partial charge >= 0.3 is 0 Å². The van der Waals surface area contributed by atoms with Crippen LogP contribution in [0.2, 0.25) is 0 Å². The summed E-state index contributed by atoms with van der Waals surface area (Å²) >= 11 is 0. The molecule has 2 rings (SSSR count). The average Bonchev–Trinajstić information content (AvgIpc) is 2.71. The molecule has 0 aromatic rings. The summed E-state index contributed by atoms with van der Waals surface area (Å²) in [6.07, 6.45) is 2.34. The second-order valence-electron chi connectivity index (χ2n) is 5.59. The Labute approximate surface area is 85.6 Å². The molecule has 2 aliphatic rings. The fraction of sp³-hybridized carbons (Fsp3) is 0.750. The summed E-state index contributed by atoms with van der Waals surface area (Å²) in [5, 5.41) is 8.91. The van der Waals surface area contributed by atoms with Gasteiger partial charge in [0.1, 0.15) is 6.10 Å². The third-order valence-corrected chi connectivity index (χ3v) is 3.35. The summed E-state index contributed by atoms with van der Waals surface area (Å²) in [5.74, 6) is 0. The van der Waals surface area contributed by atoms with Crippen molar-refractivity contribution >= 4 is 0 Å². The zero-order valence-electron chi connectivity index (χ0n) is 9.35. The van der Waals surface area contributed by atoms with E-state index in [0.29, 0.717) is 0 Å². The van der Waals surface area contributed by atoms with Crippen molar-refractivity contribution in [1.82, 2.24) is 0 Å². The predicted octanol–water partition coefficient (Wildman–Crippen LogP) is 2.80. The number of allylic oxidation sites excluding steroid dienone is 1. The second-order valence-corrected chi connectivity index (χ2v) is 5.59. The SMILES string of the molecule is C/C(C#N)=C1/CC(C)(C)CC2(C)OC12. The van der Waals surface area contributed by atoms with Gasteiger partial charge in [0.2, 0.25) is 0 Å². The van der Waals surface area contributed by atoms with Crippen molar-refractivity contribution in [2.45, 2.75) is 52.2 Å². The van der Waals surface area contributed by atoms with Gasteiger partial charge in [-0.25, -0.2) is 0 Å². The van der Waals surface area contributed by atoms with Crippen LogP contribution in [0, 0.1) is 16.7 Å². The third kappa shape index (κ3) is 1.36. The molecule has 2 heteroatoms. The minimum Gasteiger partial charge on any atom is -0.362 e. The van der Waals surface area contributed by atoms with Crippen LogP contribution in [0.4, 0.5) is 0 Å². The molecule has 1 saturated carbocycles. The Morgan fingerprint density at radius 2 is 2.14 bits per heavy atom. The fourth-order valence-electron chi connectivity index (χ4n) is 2.83. The number of nitriles is 1. The molecule has 0 aromatic carbocycles. The molecule has 2 atom stereocenters. The van der Waals surface area contributed by atoms with Crippen LogP contribution in [-0.2, 0) is 4.74 Å². The maximum Gasteiger partial charge on any atom is 0.109 e. The van der Waals surface area contributed by atoms with Crippen molar-refractivity contribution in [3.63, 3.8) is 0 Å². The molecule has 0 N–H and O–H groups in total. The van der Waals surface area contributed by atoms with Crippen molar-refractivity contribution in [1.29, 1.82) is 5.26 Å². The molecule has 0 spiro atoms. The van der Waals surface area contributed by atoms with E-state index in [0.717, 1.165) is 18.4 Å². The van der Waals surface area contributed by atoms with Crippen molar-refractivity contribution in [3.05, 3.63) is 11.1 Å². The van der Waals surface area contributed by atoms with Crippen LogP contribution >= 0.6 is 0 Å². The molecular formula is C12H17NO. The Morgan fingerprint density at radius 3 is 2.71 bits per heavy atom. The first-order valence-corrected chi connectivity index (χ1v) is 5.15. The van der Waals surface area contributed by atoms with Crippen LogP contribution in [0.3, 0.4) is 0 Å². The van der Waals surface area contributed by atoms with Crippen LogP contribution < -0.4 is 0 Å². The van der Waals surface area contributed by atoms with E-state index in [-0.39, 0.29) is 17.1 Å². The quantitative estimate of drug-likeness (QED) is 0.436. The lowest BCUT2D eigenvalue weighted by Crippen LogP contribution is -2.30. The first-order chi connectivity index (χ1) is 6.38. The van der Waals surface area contributed by atoms with Gasteiger partial charge in [-0.15, -0.1) is 0 Å². The number of fused-ring (bicyclic) bond motifs is 1. The molecule has 2 unspecified atom stereocenters. The topological polar surface area (TPSA) is 36.3 Å². The number of rotatable bonds is 0. The van der Waals surface area contributed by atoms with E-state index < -0.39 is 0 Å². The minimum absolute atomic E-state index is 0.0230. The predicted molar refractivity (Wildman–Crippen MR) is 54.6 cm³/mol. The molecule has 14 heavy (non-hydrogen) atoms. The highest BCUT2D eigenvalue weighted by atomic mass is 16.6. The molecule has 2 fully saturated rings. The van der Waals surface area contributed by atoms with Crippen molar-refractivity contribution < 1.29 is 4.74 Å². The first-order valence-electron chi connectivity index (χ1n) is 5.15. The Kier molecular flexibility index (Phi) is 1.81. The number of hydrogen-bond acceptors (Lipinski definition) is 2. The van der Waals surface area contributed by atoms with E-state index in [1.807, 2.05) is 6.92 Å². The van der Waals surface area contributed by atoms with Crippen LogP contribution in [0.1, 0.15) is 40.5 Å². The van der Waals surface area contributed by atoms with Gasteiger partial charge in [0, 0.05) is 5.57 Å². The standard InChI is InChI=1S/C12H17NO/c1-8(6-13)9-5-11(2,3)7-12(4)10(9)14-12/h10H,5,7H2,1-4H3/b9-8+. The number of nitrogens with zero attached hydrogens (tertiary/aromatic N) is 1. The second kappa shape index (κ2) is 2.61. The van der Waals surface area contributed by atoms with Gasteiger partial charge in [-0.2, -0.15) is 5.26 Å². The van der Waals surface area contributed by atoms with Gasteiger partial charge in [-0.05, 0) is 37.7 Å². The van der Waals surface area contributed by atoms with Gasteiger partial charge in [0.05, 0.1) is 11.7 Å². The zero-order valence-corrected chi connectivity index (χ0v) is 9.35. The van der Waals surface area contributed by atoms with E-state index in [1.165, 1.54) is 5.57 Å². The number of epoxide rings is 1. The van der Waals surface area contributed by atoms with E-state index in [1.54, 1.807) is 0 Å². The molecule has 1 aliphatic carbocycles. The van der Waals surface area contributed by atoms with Crippen LogP contribution in [0.25, 0.3) is 0 Å². The highest BCUT2D eigenvalue weighted by Gasteiger charge is 2.60. The molecule has 0 aromatic heterocycles. The van der Waals surface area contributed by atoms with Gasteiger partial charge in [-0.3, -0.25) is 0 Å². The van der Waals surface area contributed by atoms with Crippen molar-refractivity contribution in [2.24, 2.45) is 5.41 Å². The molecule has 1 heterocycles. The Morgan fingerprint density at radius 1 is 1.50 bits per heavy atom. The normalized spacial score (nSPS) is 42.4. The summed E-state index contributed by atoms with van der Waals surface area (Å²) < 4.78 is 5.73. The van der Waals surface area contributed by atoms with Crippen LogP contribution in [-0.4, -0.2) is 11.7 Å². The van der Waals surface area contributed by atoms with Gasteiger partial charge in [-0.1, -0.05) is 13.8 Å². The molecule has 76 valence electrons. The summed E-state index contributed by atoms with van der Waals surface area (Å²) in [7, 11) is 0. The van der Waals surface area contributed by atoms with E-state index in [2.05, 4.69) is 26.8 Å². The van der Waals surface area contributed by atoms with Crippen molar-refractivity contribution in [2.75, 3.05) is 0 Å². The fourth-order valence-corrected chi connectivity index (χ4v) is 2.83. The van der Waals surface area contributed by atoms with Crippen molar-refractivity contribution in [3.8, 4) is 6.07 Å². The Hall–Kier alpha value is -0.810.